The monoisotopic (exact) mass is 234 g/mol. The van der Waals surface area contributed by atoms with Crippen LogP contribution < -0.4 is 5.84 Å². The molecule has 1 aromatic carbocycles. The lowest BCUT2D eigenvalue weighted by atomic mass is 9.90. The predicted molar refractivity (Wildman–Crippen MR) is 64.8 cm³/mol. The van der Waals surface area contributed by atoms with Gasteiger partial charge in [-0.15, -0.1) is 0 Å². The maximum absolute atomic E-state index is 11.5. The van der Waals surface area contributed by atoms with Gasteiger partial charge >= 0.3 is 5.97 Å². The molecule has 92 valence electrons. The largest absolute Gasteiger partial charge is 0.469 e. The number of nitrogens with two attached hydrogens (primary N) is 1. The highest BCUT2D eigenvalue weighted by Gasteiger charge is 2.31. The van der Waals surface area contributed by atoms with Crippen molar-refractivity contribution >= 4 is 5.97 Å². The van der Waals surface area contributed by atoms with E-state index in [0.717, 1.165) is 12.8 Å². The lowest BCUT2D eigenvalue weighted by molar-refractivity contribution is -0.148. The summed E-state index contributed by atoms with van der Waals surface area (Å²) in [6, 6.07) is 10.4. The predicted octanol–water partition coefficient (Wildman–Crippen LogP) is 1.49. The van der Waals surface area contributed by atoms with Crippen LogP contribution in [0, 0.1) is 5.92 Å². The molecule has 0 bridgehead atoms. The molecule has 0 radical (unpaired) electrons. The Labute approximate surface area is 101 Å². The van der Waals surface area contributed by atoms with Crippen LogP contribution in [-0.2, 0) is 9.53 Å². The molecule has 1 fully saturated rings. The second-order valence-corrected chi connectivity index (χ2v) is 4.42. The van der Waals surface area contributed by atoms with Gasteiger partial charge in [0.2, 0.25) is 0 Å². The minimum Gasteiger partial charge on any atom is -0.469 e. The van der Waals surface area contributed by atoms with Crippen LogP contribution in [0.25, 0.3) is 0 Å². The van der Waals surface area contributed by atoms with E-state index >= 15 is 0 Å². The molecular formula is C13H18N2O2. The number of esters is 1. The smallest absolute Gasteiger partial charge is 0.310 e. The summed E-state index contributed by atoms with van der Waals surface area (Å²) in [5, 5.41) is 1.75. The van der Waals surface area contributed by atoms with Crippen molar-refractivity contribution in [3.05, 3.63) is 35.9 Å². The zero-order valence-electron chi connectivity index (χ0n) is 10.0. The Morgan fingerprint density at radius 2 is 2.06 bits per heavy atom. The number of nitrogens with zero attached hydrogens (tertiary/aromatic N) is 1. The summed E-state index contributed by atoms with van der Waals surface area (Å²) in [5.41, 5.74) is 1.21. The summed E-state index contributed by atoms with van der Waals surface area (Å²) in [5.74, 6) is 5.77. The molecule has 1 saturated heterocycles. The number of carbonyl (C=O) groups is 1. The van der Waals surface area contributed by atoms with E-state index in [-0.39, 0.29) is 17.9 Å². The van der Waals surface area contributed by atoms with Crippen LogP contribution in [0.3, 0.4) is 0 Å². The SMILES string of the molecule is COC(=O)C1CCC(c2ccccc2)N(N)C1. The molecule has 1 aliphatic rings. The average molecular weight is 234 g/mol. The minimum absolute atomic E-state index is 0.0926. The van der Waals surface area contributed by atoms with Crippen LogP contribution in [-0.4, -0.2) is 24.6 Å². The van der Waals surface area contributed by atoms with Crippen LogP contribution >= 0.6 is 0 Å². The maximum Gasteiger partial charge on any atom is 0.310 e. The number of benzene rings is 1. The molecule has 0 amide bonds. The third-order valence-electron chi connectivity index (χ3n) is 3.34. The first-order valence-electron chi connectivity index (χ1n) is 5.86. The molecule has 0 aromatic heterocycles. The van der Waals surface area contributed by atoms with Gasteiger partial charge in [0.25, 0.3) is 0 Å². The second kappa shape index (κ2) is 5.29. The van der Waals surface area contributed by atoms with Crippen molar-refractivity contribution in [3.8, 4) is 0 Å². The fourth-order valence-corrected chi connectivity index (χ4v) is 2.39. The number of piperidine rings is 1. The van der Waals surface area contributed by atoms with E-state index in [9.17, 15) is 4.79 Å². The number of hydrazine groups is 1. The van der Waals surface area contributed by atoms with Gasteiger partial charge < -0.3 is 4.74 Å². The van der Waals surface area contributed by atoms with Gasteiger partial charge in [-0.05, 0) is 18.4 Å². The highest BCUT2D eigenvalue weighted by atomic mass is 16.5. The van der Waals surface area contributed by atoms with E-state index in [2.05, 4.69) is 12.1 Å². The Bertz CT molecular complexity index is 380. The Hall–Kier alpha value is -1.39. The maximum atomic E-state index is 11.5. The molecule has 2 unspecified atom stereocenters. The number of hydrogen-bond donors (Lipinski definition) is 1. The van der Waals surface area contributed by atoms with Crippen LogP contribution in [0.2, 0.25) is 0 Å². The number of carbonyl (C=O) groups excluding carboxylic acids is 1. The van der Waals surface area contributed by atoms with E-state index in [1.807, 2.05) is 18.2 Å². The minimum atomic E-state index is -0.160. The van der Waals surface area contributed by atoms with Crippen molar-refractivity contribution < 1.29 is 9.53 Å². The topological polar surface area (TPSA) is 55.6 Å². The standard InChI is InChI=1S/C13H18N2O2/c1-17-13(16)11-7-8-12(15(14)9-11)10-5-3-2-4-6-10/h2-6,11-12H,7-9,14H2,1H3. The van der Waals surface area contributed by atoms with Gasteiger partial charge in [0, 0.05) is 12.6 Å². The van der Waals surface area contributed by atoms with Crippen molar-refractivity contribution in [1.82, 2.24) is 5.01 Å². The van der Waals surface area contributed by atoms with Gasteiger partial charge in [0.15, 0.2) is 0 Å². The lowest BCUT2D eigenvalue weighted by Gasteiger charge is -2.35. The van der Waals surface area contributed by atoms with Crippen LogP contribution in [0.1, 0.15) is 24.4 Å². The molecule has 1 heterocycles. The molecule has 2 rings (SSSR count). The van der Waals surface area contributed by atoms with E-state index in [4.69, 9.17) is 10.6 Å². The van der Waals surface area contributed by atoms with Crippen molar-refractivity contribution in [2.24, 2.45) is 11.8 Å². The second-order valence-electron chi connectivity index (χ2n) is 4.42. The molecule has 4 heteroatoms. The molecule has 0 spiro atoms. The molecular weight excluding hydrogens is 216 g/mol. The quantitative estimate of drug-likeness (QED) is 0.622. The van der Waals surface area contributed by atoms with Gasteiger partial charge in [-0.1, -0.05) is 30.3 Å². The van der Waals surface area contributed by atoms with Crippen molar-refractivity contribution in [1.29, 1.82) is 0 Å². The first kappa shape index (κ1) is 12.1. The highest BCUT2D eigenvalue weighted by Crippen LogP contribution is 2.31. The number of rotatable bonds is 2. The summed E-state index contributed by atoms with van der Waals surface area (Å²) in [4.78, 5) is 11.5. The highest BCUT2D eigenvalue weighted by molar-refractivity contribution is 5.72. The molecule has 4 nitrogen and oxygen atoms in total. The van der Waals surface area contributed by atoms with Gasteiger partial charge in [-0.25, -0.2) is 5.01 Å². The average Bonchev–Trinajstić information content (AvgIpc) is 2.38. The molecule has 1 aliphatic heterocycles. The third-order valence-corrected chi connectivity index (χ3v) is 3.34. The Morgan fingerprint density at radius 3 is 2.65 bits per heavy atom. The van der Waals surface area contributed by atoms with E-state index in [1.165, 1.54) is 12.7 Å². The number of ether oxygens (including phenoxy) is 1. The Balaban J connectivity index is 2.04. The fraction of sp³-hybridized carbons (Fsp3) is 0.462. The molecule has 0 aliphatic carbocycles. The first-order valence-corrected chi connectivity index (χ1v) is 5.86. The van der Waals surface area contributed by atoms with Gasteiger partial charge in [0.1, 0.15) is 0 Å². The van der Waals surface area contributed by atoms with Gasteiger partial charge in [0.05, 0.1) is 13.0 Å². The molecule has 1 aromatic rings. The van der Waals surface area contributed by atoms with Crippen molar-refractivity contribution in [2.45, 2.75) is 18.9 Å². The number of methoxy groups -OCH3 is 1. The van der Waals surface area contributed by atoms with Crippen molar-refractivity contribution in [2.75, 3.05) is 13.7 Å². The van der Waals surface area contributed by atoms with E-state index < -0.39 is 0 Å². The van der Waals surface area contributed by atoms with Crippen molar-refractivity contribution in [3.63, 3.8) is 0 Å². The zero-order chi connectivity index (χ0) is 12.3. The number of hydrogen-bond acceptors (Lipinski definition) is 4. The van der Waals surface area contributed by atoms with Crippen LogP contribution in [0.5, 0.6) is 0 Å². The van der Waals surface area contributed by atoms with E-state index in [0.29, 0.717) is 6.54 Å². The molecule has 17 heavy (non-hydrogen) atoms. The zero-order valence-corrected chi connectivity index (χ0v) is 10.0. The Morgan fingerprint density at radius 1 is 1.35 bits per heavy atom. The first-order chi connectivity index (χ1) is 8.22. The summed E-state index contributed by atoms with van der Waals surface area (Å²) < 4.78 is 4.76. The van der Waals surface area contributed by atoms with Crippen LogP contribution in [0.15, 0.2) is 30.3 Å². The molecule has 0 saturated carbocycles. The normalized spacial score (nSPS) is 25.5. The summed E-state index contributed by atoms with van der Waals surface area (Å²) in [7, 11) is 1.42. The summed E-state index contributed by atoms with van der Waals surface area (Å²) >= 11 is 0. The van der Waals surface area contributed by atoms with Gasteiger partial charge in [-0.2, -0.15) is 0 Å². The van der Waals surface area contributed by atoms with Crippen LogP contribution in [0.4, 0.5) is 0 Å². The lowest BCUT2D eigenvalue weighted by Crippen LogP contribution is -2.45. The van der Waals surface area contributed by atoms with E-state index in [1.54, 1.807) is 5.01 Å². The summed E-state index contributed by atoms with van der Waals surface area (Å²) in [6.45, 7) is 0.562. The molecule has 2 atom stereocenters. The Kier molecular flexibility index (Phi) is 3.76. The summed E-state index contributed by atoms with van der Waals surface area (Å²) in [6.07, 6.45) is 1.72. The fourth-order valence-electron chi connectivity index (χ4n) is 2.39. The van der Waals surface area contributed by atoms with Gasteiger partial charge in [-0.3, -0.25) is 10.6 Å². The third kappa shape index (κ3) is 2.65. The molecule has 2 N–H and O–H groups in total.